The lowest BCUT2D eigenvalue weighted by Gasteiger charge is -1.99. The van der Waals surface area contributed by atoms with E-state index in [-0.39, 0.29) is 0 Å². The van der Waals surface area contributed by atoms with Crippen LogP contribution in [0.3, 0.4) is 0 Å². The van der Waals surface area contributed by atoms with Crippen LogP contribution in [0.5, 0.6) is 0 Å². The molecule has 0 unspecified atom stereocenters. The van der Waals surface area contributed by atoms with Gasteiger partial charge in [0, 0.05) is 0 Å². The van der Waals surface area contributed by atoms with Gasteiger partial charge in [0.05, 0.1) is 24.7 Å². The summed E-state index contributed by atoms with van der Waals surface area (Å²) in [7, 11) is 0. The van der Waals surface area contributed by atoms with Gasteiger partial charge in [0.2, 0.25) is 0 Å². The molecule has 0 amide bonds. The number of hydrogen-bond donors (Lipinski definition) is 1. The molecule has 68 valence electrons. The van der Waals surface area contributed by atoms with Crippen LogP contribution in [0, 0.1) is 6.92 Å². The molecule has 2 aromatic rings. The fourth-order valence-corrected chi connectivity index (χ4v) is 1.06. The Kier molecular flexibility index (Phi) is 2.04. The quantitative estimate of drug-likeness (QED) is 0.782. The normalized spacial score (nSPS) is 10.2. The van der Waals surface area contributed by atoms with E-state index in [4.69, 9.17) is 8.94 Å². The molecule has 0 aliphatic carbocycles. The summed E-state index contributed by atoms with van der Waals surface area (Å²) < 4.78 is 10.0. The van der Waals surface area contributed by atoms with Crippen LogP contribution in [-0.4, -0.2) is 5.16 Å². The van der Waals surface area contributed by atoms with Crippen LogP contribution in [-0.2, 0) is 6.54 Å². The summed E-state index contributed by atoms with van der Waals surface area (Å²) in [4.78, 5) is 0. The molecule has 1 N–H and O–H groups in total. The third kappa shape index (κ3) is 1.72. The molecule has 4 heteroatoms. The SMILES string of the molecule is Cc1oncc1NCc1ccco1. The second-order valence-corrected chi connectivity index (χ2v) is 2.73. The standard InChI is InChI=1S/C9H10N2O2/c1-7-9(6-11-13-7)10-5-8-3-2-4-12-8/h2-4,6,10H,5H2,1H3. The van der Waals surface area contributed by atoms with Crippen molar-refractivity contribution in [3.8, 4) is 0 Å². The lowest BCUT2D eigenvalue weighted by Crippen LogP contribution is -1.97. The van der Waals surface area contributed by atoms with Crippen LogP contribution in [0.2, 0.25) is 0 Å². The summed E-state index contributed by atoms with van der Waals surface area (Å²) in [5.41, 5.74) is 0.899. The Morgan fingerprint density at radius 1 is 1.54 bits per heavy atom. The van der Waals surface area contributed by atoms with Gasteiger partial charge in [-0.15, -0.1) is 0 Å². The third-order valence-electron chi connectivity index (χ3n) is 1.78. The lowest BCUT2D eigenvalue weighted by molar-refractivity contribution is 0.398. The van der Waals surface area contributed by atoms with Gasteiger partial charge in [-0.1, -0.05) is 5.16 Å². The first kappa shape index (κ1) is 7.91. The molecular formula is C9H10N2O2. The minimum absolute atomic E-state index is 0.648. The van der Waals surface area contributed by atoms with Gasteiger partial charge in [-0.3, -0.25) is 0 Å². The third-order valence-corrected chi connectivity index (χ3v) is 1.78. The van der Waals surface area contributed by atoms with E-state index < -0.39 is 0 Å². The summed E-state index contributed by atoms with van der Waals surface area (Å²) in [6, 6.07) is 3.77. The fraction of sp³-hybridized carbons (Fsp3) is 0.222. The van der Waals surface area contributed by atoms with Gasteiger partial charge in [0.15, 0.2) is 5.76 Å². The monoisotopic (exact) mass is 178 g/mol. The number of rotatable bonds is 3. The van der Waals surface area contributed by atoms with Crippen LogP contribution >= 0.6 is 0 Å². The van der Waals surface area contributed by atoms with Gasteiger partial charge in [0.25, 0.3) is 0 Å². The van der Waals surface area contributed by atoms with Gasteiger partial charge in [-0.25, -0.2) is 0 Å². The molecule has 0 spiro atoms. The highest BCUT2D eigenvalue weighted by molar-refractivity contribution is 5.43. The average molecular weight is 178 g/mol. The van der Waals surface area contributed by atoms with E-state index in [1.807, 2.05) is 19.1 Å². The average Bonchev–Trinajstić information content (AvgIpc) is 2.72. The maximum absolute atomic E-state index is 5.16. The van der Waals surface area contributed by atoms with Crippen LogP contribution in [0.4, 0.5) is 5.69 Å². The molecule has 2 heterocycles. The molecule has 0 bridgehead atoms. The smallest absolute Gasteiger partial charge is 0.156 e. The van der Waals surface area contributed by atoms with Gasteiger partial charge < -0.3 is 14.3 Å². The number of nitrogens with zero attached hydrogens (tertiary/aromatic N) is 1. The van der Waals surface area contributed by atoms with E-state index >= 15 is 0 Å². The van der Waals surface area contributed by atoms with Crippen molar-refractivity contribution < 1.29 is 8.94 Å². The first-order chi connectivity index (χ1) is 6.36. The van der Waals surface area contributed by atoms with E-state index in [1.165, 1.54) is 0 Å². The van der Waals surface area contributed by atoms with Crippen molar-refractivity contribution in [3.05, 3.63) is 36.1 Å². The first-order valence-corrected chi connectivity index (χ1v) is 4.04. The topological polar surface area (TPSA) is 51.2 Å². The van der Waals surface area contributed by atoms with Crippen molar-refractivity contribution in [3.63, 3.8) is 0 Å². The molecule has 2 rings (SSSR count). The van der Waals surface area contributed by atoms with Crippen LogP contribution in [0.25, 0.3) is 0 Å². The van der Waals surface area contributed by atoms with E-state index in [1.54, 1.807) is 12.5 Å². The molecule has 0 fully saturated rings. The Morgan fingerprint density at radius 3 is 3.08 bits per heavy atom. The summed E-state index contributed by atoms with van der Waals surface area (Å²) in [6.45, 7) is 2.51. The molecule has 13 heavy (non-hydrogen) atoms. The zero-order chi connectivity index (χ0) is 9.10. The second-order valence-electron chi connectivity index (χ2n) is 2.73. The van der Waals surface area contributed by atoms with Crippen molar-refractivity contribution in [1.29, 1.82) is 0 Å². The molecule has 0 aromatic carbocycles. The molecule has 0 saturated carbocycles. The molecule has 0 atom stereocenters. The Bertz CT molecular complexity index is 365. The lowest BCUT2D eigenvalue weighted by atomic mass is 10.4. The zero-order valence-corrected chi connectivity index (χ0v) is 7.28. The van der Waals surface area contributed by atoms with Gasteiger partial charge >= 0.3 is 0 Å². The highest BCUT2D eigenvalue weighted by Crippen LogP contribution is 2.13. The number of anilines is 1. The van der Waals surface area contributed by atoms with Gasteiger partial charge in [0.1, 0.15) is 5.76 Å². The summed E-state index contributed by atoms with van der Waals surface area (Å²) in [6.07, 6.45) is 3.30. The van der Waals surface area contributed by atoms with E-state index in [0.29, 0.717) is 6.54 Å². The Hall–Kier alpha value is -1.71. The molecule has 0 aliphatic rings. The highest BCUT2D eigenvalue weighted by Gasteiger charge is 2.02. The Balaban J connectivity index is 1.97. The van der Waals surface area contributed by atoms with Gasteiger partial charge in [-0.2, -0.15) is 0 Å². The van der Waals surface area contributed by atoms with Crippen molar-refractivity contribution in [2.24, 2.45) is 0 Å². The molecule has 4 nitrogen and oxygen atoms in total. The molecule has 0 aliphatic heterocycles. The van der Waals surface area contributed by atoms with E-state index in [9.17, 15) is 0 Å². The minimum Gasteiger partial charge on any atom is -0.467 e. The number of aromatic nitrogens is 1. The Morgan fingerprint density at radius 2 is 2.46 bits per heavy atom. The summed E-state index contributed by atoms with van der Waals surface area (Å²) in [5.74, 6) is 1.67. The van der Waals surface area contributed by atoms with Crippen LogP contribution < -0.4 is 5.32 Å². The van der Waals surface area contributed by atoms with E-state index in [2.05, 4.69) is 10.5 Å². The molecule has 0 radical (unpaired) electrons. The fourth-order valence-electron chi connectivity index (χ4n) is 1.06. The summed E-state index contributed by atoms with van der Waals surface area (Å²) >= 11 is 0. The maximum atomic E-state index is 5.16. The zero-order valence-electron chi connectivity index (χ0n) is 7.28. The highest BCUT2D eigenvalue weighted by atomic mass is 16.5. The van der Waals surface area contributed by atoms with Gasteiger partial charge in [-0.05, 0) is 19.1 Å². The molecule has 2 aromatic heterocycles. The van der Waals surface area contributed by atoms with Crippen molar-refractivity contribution >= 4 is 5.69 Å². The van der Waals surface area contributed by atoms with Crippen LogP contribution in [0.1, 0.15) is 11.5 Å². The number of aryl methyl sites for hydroxylation is 1. The number of nitrogens with one attached hydrogen (secondary N) is 1. The van der Waals surface area contributed by atoms with Crippen molar-refractivity contribution in [2.45, 2.75) is 13.5 Å². The second kappa shape index (κ2) is 3.35. The minimum atomic E-state index is 0.648. The first-order valence-electron chi connectivity index (χ1n) is 4.04. The predicted molar refractivity (Wildman–Crippen MR) is 47.3 cm³/mol. The van der Waals surface area contributed by atoms with Crippen LogP contribution in [0.15, 0.2) is 33.5 Å². The van der Waals surface area contributed by atoms with Crippen molar-refractivity contribution in [2.75, 3.05) is 5.32 Å². The maximum Gasteiger partial charge on any atom is 0.156 e. The number of furan rings is 1. The molecule has 0 saturated heterocycles. The Labute approximate surface area is 75.5 Å². The largest absolute Gasteiger partial charge is 0.467 e. The predicted octanol–water partition coefficient (Wildman–Crippen LogP) is 2.19. The summed E-state index contributed by atoms with van der Waals surface area (Å²) in [5, 5.41) is 6.80. The van der Waals surface area contributed by atoms with Crippen molar-refractivity contribution in [1.82, 2.24) is 5.16 Å². The number of hydrogen-bond acceptors (Lipinski definition) is 4. The van der Waals surface area contributed by atoms with E-state index in [0.717, 1.165) is 17.2 Å². The molecular weight excluding hydrogens is 168 g/mol.